The third-order valence-electron chi connectivity index (χ3n) is 4.92. The predicted octanol–water partition coefficient (Wildman–Crippen LogP) is 1.97. The highest BCUT2D eigenvalue weighted by Gasteiger charge is 2.27. The van der Waals surface area contributed by atoms with Crippen LogP contribution in [0.3, 0.4) is 0 Å². The molecule has 1 saturated heterocycles. The summed E-state index contributed by atoms with van der Waals surface area (Å²) < 4.78 is 4.85. The molecule has 1 aromatic carbocycles. The Morgan fingerprint density at radius 2 is 2.00 bits per heavy atom. The lowest BCUT2D eigenvalue weighted by Gasteiger charge is -2.34. The van der Waals surface area contributed by atoms with Crippen molar-refractivity contribution in [1.82, 2.24) is 10.2 Å². The van der Waals surface area contributed by atoms with Crippen molar-refractivity contribution in [3.63, 3.8) is 0 Å². The maximum atomic E-state index is 11.6. The number of likely N-dealkylation sites (tertiary alicyclic amines) is 1. The fourth-order valence-electron chi connectivity index (χ4n) is 3.12. The van der Waals surface area contributed by atoms with Crippen LogP contribution in [-0.2, 0) is 9.53 Å². The van der Waals surface area contributed by atoms with E-state index in [2.05, 4.69) is 58.3 Å². The van der Waals surface area contributed by atoms with Crippen LogP contribution in [0.15, 0.2) is 35.3 Å². The predicted molar refractivity (Wildman–Crippen MR) is 102 cm³/mol. The molecule has 138 valence electrons. The second-order valence-corrected chi connectivity index (χ2v) is 6.51. The molecule has 0 amide bonds. The Hall–Kier alpha value is -2.24. The molecule has 0 aromatic heterocycles. The van der Waals surface area contributed by atoms with Crippen molar-refractivity contribution in [3.05, 3.63) is 30.3 Å². The molecule has 1 N–H and O–H groups in total. The number of benzene rings is 1. The van der Waals surface area contributed by atoms with Gasteiger partial charge in [0, 0.05) is 45.5 Å². The molecule has 0 saturated carbocycles. The summed E-state index contributed by atoms with van der Waals surface area (Å²) in [6.45, 7) is 4.64. The van der Waals surface area contributed by atoms with Crippen LogP contribution < -0.4 is 10.2 Å². The molecular weight excluding hydrogens is 316 g/mol. The topological polar surface area (TPSA) is 57.2 Å². The van der Waals surface area contributed by atoms with Gasteiger partial charge in [-0.1, -0.05) is 18.2 Å². The van der Waals surface area contributed by atoms with E-state index < -0.39 is 0 Å². The highest BCUT2D eigenvalue weighted by atomic mass is 16.5. The van der Waals surface area contributed by atoms with Crippen molar-refractivity contribution in [2.75, 3.05) is 45.7 Å². The molecule has 1 unspecified atom stereocenters. The van der Waals surface area contributed by atoms with Gasteiger partial charge in [-0.25, -0.2) is 0 Å². The van der Waals surface area contributed by atoms with Gasteiger partial charge in [0.15, 0.2) is 5.96 Å². The molecule has 1 aliphatic rings. The van der Waals surface area contributed by atoms with E-state index in [-0.39, 0.29) is 11.9 Å². The molecule has 1 aliphatic heterocycles. The van der Waals surface area contributed by atoms with Crippen LogP contribution in [0.4, 0.5) is 5.69 Å². The number of aliphatic imine (C=N–C) groups is 1. The second kappa shape index (κ2) is 9.30. The molecular formula is C19H30N4O2. The van der Waals surface area contributed by atoms with E-state index in [1.54, 1.807) is 7.05 Å². The summed E-state index contributed by atoms with van der Waals surface area (Å²) in [5.74, 6) is 0.819. The Balaban J connectivity index is 1.83. The second-order valence-electron chi connectivity index (χ2n) is 6.51. The van der Waals surface area contributed by atoms with Gasteiger partial charge in [0.1, 0.15) is 0 Å². The van der Waals surface area contributed by atoms with Gasteiger partial charge in [0.25, 0.3) is 0 Å². The number of methoxy groups -OCH3 is 1. The minimum atomic E-state index is -0.0966. The minimum Gasteiger partial charge on any atom is -0.469 e. The molecule has 0 spiro atoms. The van der Waals surface area contributed by atoms with Gasteiger partial charge in [-0.15, -0.1) is 0 Å². The molecule has 6 heteroatoms. The average molecular weight is 346 g/mol. The summed E-state index contributed by atoms with van der Waals surface area (Å²) in [6.07, 6.45) is 1.62. The largest absolute Gasteiger partial charge is 0.469 e. The number of hydrogen-bond donors (Lipinski definition) is 1. The Morgan fingerprint density at radius 3 is 2.56 bits per heavy atom. The van der Waals surface area contributed by atoms with Crippen LogP contribution in [0, 0.1) is 5.92 Å². The summed E-state index contributed by atoms with van der Waals surface area (Å²) in [6, 6.07) is 10.7. The number of rotatable bonds is 5. The summed E-state index contributed by atoms with van der Waals surface area (Å²) in [7, 11) is 5.37. The fourth-order valence-corrected chi connectivity index (χ4v) is 3.12. The average Bonchev–Trinajstić information content (AvgIpc) is 2.68. The van der Waals surface area contributed by atoms with Crippen LogP contribution in [0.25, 0.3) is 0 Å². The van der Waals surface area contributed by atoms with Crippen molar-refractivity contribution < 1.29 is 9.53 Å². The lowest BCUT2D eigenvalue weighted by Crippen LogP contribution is -2.49. The van der Waals surface area contributed by atoms with E-state index in [0.29, 0.717) is 6.04 Å². The van der Waals surface area contributed by atoms with E-state index in [4.69, 9.17) is 4.74 Å². The van der Waals surface area contributed by atoms with Crippen LogP contribution in [0.2, 0.25) is 0 Å². The van der Waals surface area contributed by atoms with Gasteiger partial charge >= 0.3 is 5.97 Å². The summed E-state index contributed by atoms with van der Waals surface area (Å²) in [4.78, 5) is 20.5. The van der Waals surface area contributed by atoms with E-state index in [1.165, 1.54) is 12.8 Å². The zero-order chi connectivity index (χ0) is 18.2. The van der Waals surface area contributed by atoms with Crippen molar-refractivity contribution in [3.8, 4) is 0 Å². The van der Waals surface area contributed by atoms with E-state index in [0.717, 1.165) is 38.4 Å². The first-order chi connectivity index (χ1) is 12.1. The van der Waals surface area contributed by atoms with Gasteiger partial charge in [-0.2, -0.15) is 0 Å². The molecule has 1 atom stereocenters. The number of likely N-dealkylation sites (N-methyl/N-ethyl adjacent to an activating group) is 1. The minimum absolute atomic E-state index is 0.0162. The quantitative estimate of drug-likeness (QED) is 0.502. The SMILES string of the molecule is CN=C(NCC(C)N(C)c1ccccc1)N1CCC(C(=O)OC)CC1. The third-order valence-corrected chi connectivity index (χ3v) is 4.92. The van der Waals surface area contributed by atoms with Crippen molar-refractivity contribution in [2.45, 2.75) is 25.8 Å². The van der Waals surface area contributed by atoms with Crippen molar-refractivity contribution in [1.29, 1.82) is 0 Å². The van der Waals surface area contributed by atoms with Gasteiger partial charge in [-0.05, 0) is 31.9 Å². The summed E-state index contributed by atoms with van der Waals surface area (Å²) in [5, 5.41) is 3.47. The summed E-state index contributed by atoms with van der Waals surface area (Å²) in [5.41, 5.74) is 1.20. The lowest BCUT2D eigenvalue weighted by molar-refractivity contribution is -0.146. The molecule has 6 nitrogen and oxygen atoms in total. The number of piperidine rings is 1. The normalized spacial score (nSPS) is 17.1. The number of para-hydroxylation sites is 1. The molecule has 0 bridgehead atoms. The number of esters is 1. The van der Waals surface area contributed by atoms with Crippen LogP contribution >= 0.6 is 0 Å². The number of nitrogens with one attached hydrogen (secondary N) is 1. The molecule has 0 aliphatic carbocycles. The van der Waals surface area contributed by atoms with Crippen LogP contribution in [0.1, 0.15) is 19.8 Å². The van der Waals surface area contributed by atoms with E-state index in [1.807, 2.05) is 6.07 Å². The number of carbonyl (C=O) groups is 1. The first kappa shape index (κ1) is 19.1. The first-order valence-electron chi connectivity index (χ1n) is 8.88. The Morgan fingerprint density at radius 1 is 1.36 bits per heavy atom. The molecule has 0 radical (unpaired) electrons. The highest BCUT2D eigenvalue weighted by Crippen LogP contribution is 2.18. The van der Waals surface area contributed by atoms with Crippen LogP contribution in [-0.4, -0.2) is 63.7 Å². The van der Waals surface area contributed by atoms with Crippen LogP contribution in [0.5, 0.6) is 0 Å². The number of guanidine groups is 1. The Labute approximate surface area is 150 Å². The van der Waals surface area contributed by atoms with E-state index in [9.17, 15) is 4.79 Å². The maximum Gasteiger partial charge on any atom is 0.308 e. The van der Waals surface area contributed by atoms with Gasteiger partial charge in [0.05, 0.1) is 13.0 Å². The van der Waals surface area contributed by atoms with Crippen molar-refractivity contribution >= 4 is 17.6 Å². The molecule has 1 heterocycles. The molecule has 2 rings (SSSR count). The third kappa shape index (κ3) is 5.11. The number of anilines is 1. The highest BCUT2D eigenvalue weighted by molar-refractivity contribution is 5.80. The standard InChI is InChI=1S/C19H30N4O2/c1-15(22(3)17-8-6-5-7-9-17)14-21-19(20-2)23-12-10-16(11-13-23)18(24)25-4/h5-9,15-16H,10-14H2,1-4H3,(H,20,21). The molecule has 1 fully saturated rings. The lowest BCUT2D eigenvalue weighted by atomic mass is 9.97. The zero-order valence-corrected chi connectivity index (χ0v) is 15.7. The monoisotopic (exact) mass is 346 g/mol. The fraction of sp³-hybridized carbons (Fsp3) is 0.579. The number of nitrogens with zero attached hydrogens (tertiary/aromatic N) is 3. The maximum absolute atomic E-state index is 11.6. The van der Waals surface area contributed by atoms with E-state index >= 15 is 0 Å². The Bertz CT molecular complexity index is 568. The van der Waals surface area contributed by atoms with Gasteiger partial charge in [-0.3, -0.25) is 9.79 Å². The van der Waals surface area contributed by atoms with Gasteiger partial charge < -0.3 is 19.9 Å². The van der Waals surface area contributed by atoms with Gasteiger partial charge in [0.2, 0.25) is 0 Å². The molecule has 25 heavy (non-hydrogen) atoms. The number of ether oxygens (including phenoxy) is 1. The van der Waals surface area contributed by atoms with Crippen molar-refractivity contribution in [2.24, 2.45) is 10.9 Å². The molecule has 1 aromatic rings. The first-order valence-corrected chi connectivity index (χ1v) is 8.88. The number of carbonyl (C=O) groups excluding carboxylic acids is 1. The number of hydrogen-bond acceptors (Lipinski definition) is 4. The zero-order valence-electron chi connectivity index (χ0n) is 15.7. The smallest absolute Gasteiger partial charge is 0.308 e. The Kier molecular flexibility index (Phi) is 7.10. The summed E-state index contributed by atoms with van der Waals surface area (Å²) >= 11 is 0.